The third kappa shape index (κ3) is 2.46. The molecule has 112 valence electrons. The quantitative estimate of drug-likeness (QED) is 0.642. The van der Waals surface area contributed by atoms with Gasteiger partial charge in [0.15, 0.2) is 0 Å². The first-order chi connectivity index (χ1) is 10.1. The summed E-state index contributed by atoms with van der Waals surface area (Å²) >= 11 is 0. The Bertz CT molecular complexity index is 796. The number of fused-ring (bicyclic) bond motifs is 1. The van der Waals surface area contributed by atoms with Gasteiger partial charge in [0.2, 0.25) is 5.65 Å². The van der Waals surface area contributed by atoms with Crippen LogP contribution in [0.4, 0.5) is 5.95 Å². The van der Waals surface area contributed by atoms with Gasteiger partial charge in [-0.2, -0.15) is 0 Å². The minimum Gasteiger partial charge on any atom is -0.390 e. The van der Waals surface area contributed by atoms with Crippen LogP contribution in [0.1, 0.15) is 32.1 Å². The predicted octanol–water partition coefficient (Wildman–Crippen LogP) is 0.901. The highest BCUT2D eigenvalue weighted by molar-refractivity contribution is 5.71. The summed E-state index contributed by atoms with van der Waals surface area (Å²) < 4.78 is 1.35. The maximum atomic E-state index is 11.7. The molecule has 0 aliphatic heterocycles. The van der Waals surface area contributed by atoms with E-state index in [0.29, 0.717) is 12.5 Å². The molecule has 9 heteroatoms. The van der Waals surface area contributed by atoms with Gasteiger partial charge in [-0.05, 0) is 23.7 Å². The van der Waals surface area contributed by atoms with Crippen molar-refractivity contribution in [1.82, 2.24) is 19.5 Å². The van der Waals surface area contributed by atoms with Crippen LogP contribution in [0.15, 0.2) is 9.59 Å². The van der Waals surface area contributed by atoms with Gasteiger partial charge in [-0.1, -0.05) is 24.2 Å². The Morgan fingerprint density at radius 1 is 1.24 bits per heavy atom. The summed E-state index contributed by atoms with van der Waals surface area (Å²) in [5.74, 6) is -0.0967. The summed E-state index contributed by atoms with van der Waals surface area (Å²) in [6.45, 7) is 0.395. The Morgan fingerprint density at radius 2 is 1.95 bits per heavy atom. The molecule has 0 spiro atoms. The lowest BCUT2D eigenvalue weighted by molar-refractivity contribution is -0.396. The van der Waals surface area contributed by atoms with Crippen molar-refractivity contribution in [2.75, 3.05) is 0 Å². The molecule has 0 radical (unpaired) electrons. The van der Waals surface area contributed by atoms with E-state index in [-0.39, 0.29) is 11.2 Å². The number of nitrogens with one attached hydrogen (secondary N) is 2. The van der Waals surface area contributed by atoms with Crippen molar-refractivity contribution in [2.45, 2.75) is 38.6 Å². The number of imidazole rings is 1. The first-order valence-corrected chi connectivity index (χ1v) is 6.93. The number of nitrogens with zero attached hydrogens (tertiary/aromatic N) is 3. The van der Waals surface area contributed by atoms with E-state index in [1.165, 1.54) is 11.0 Å². The largest absolute Gasteiger partial charge is 0.437 e. The molecule has 2 aromatic rings. The smallest absolute Gasteiger partial charge is 0.390 e. The molecule has 2 heterocycles. The zero-order chi connectivity index (χ0) is 15.0. The third-order valence-electron chi connectivity index (χ3n) is 3.95. The van der Waals surface area contributed by atoms with Crippen LogP contribution in [-0.2, 0) is 6.54 Å². The molecule has 0 aromatic carbocycles. The van der Waals surface area contributed by atoms with Gasteiger partial charge < -0.3 is 10.1 Å². The van der Waals surface area contributed by atoms with E-state index in [2.05, 4.69) is 9.97 Å². The standard InChI is InChI=1S/C12H15N5O4/c18-10-8-9(14-11(19)15-10)16(12(13-8)17(20)21)6-7-4-2-1-3-5-7/h7H,1-6H2,(H2,14,15,18,19). The van der Waals surface area contributed by atoms with Crippen molar-refractivity contribution in [3.8, 4) is 0 Å². The summed E-state index contributed by atoms with van der Waals surface area (Å²) in [6.07, 6.45) is 5.36. The molecule has 0 unspecified atom stereocenters. The molecule has 2 aromatic heterocycles. The predicted molar refractivity (Wildman–Crippen MR) is 74.2 cm³/mol. The molecule has 9 nitrogen and oxygen atoms in total. The minimum absolute atomic E-state index is 0.0999. The zero-order valence-corrected chi connectivity index (χ0v) is 11.3. The average Bonchev–Trinajstić information content (AvgIpc) is 2.79. The van der Waals surface area contributed by atoms with Crippen molar-refractivity contribution in [3.05, 3.63) is 31.0 Å². The van der Waals surface area contributed by atoms with Gasteiger partial charge in [0.05, 0.1) is 6.54 Å². The van der Waals surface area contributed by atoms with Crippen LogP contribution >= 0.6 is 0 Å². The molecule has 0 saturated heterocycles. The topological polar surface area (TPSA) is 127 Å². The van der Waals surface area contributed by atoms with Gasteiger partial charge in [-0.3, -0.25) is 14.8 Å². The minimum atomic E-state index is -0.709. The Balaban J connectivity index is 2.13. The van der Waals surface area contributed by atoms with E-state index in [4.69, 9.17) is 0 Å². The van der Waals surface area contributed by atoms with Crippen LogP contribution in [0.3, 0.4) is 0 Å². The van der Waals surface area contributed by atoms with Crippen molar-refractivity contribution >= 4 is 17.1 Å². The zero-order valence-electron chi connectivity index (χ0n) is 11.3. The van der Waals surface area contributed by atoms with Gasteiger partial charge in [0.25, 0.3) is 11.1 Å². The normalized spacial score (nSPS) is 16.4. The summed E-state index contributed by atoms with van der Waals surface area (Å²) in [7, 11) is 0. The van der Waals surface area contributed by atoms with E-state index in [1.54, 1.807) is 0 Å². The number of hydrogen-bond acceptors (Lipinski definition) is 5. The highest BCUT2D eigenvalue weighted by Gasteiger charge is 2.27. The van der Waals surface area contributed by atoms with Crippen molar-refractivity contribution in [3.63, 3.8) is 0 Å². The fourth-order valence-electron chi connectivity index (χ4n) is 2.97. The number of aromatic nitrogens is 4. The van der Waals surface area contributed by atoms with E-state index in [9.17, 15) is 19.7 Å². The summed E-state index contributed by atoms with van der Waals surface area (Å²) in [5, 5.41) is 11.1. The van der Waals surface area contributed by atoms with Gasteiger partial charge in [-0.15, -0.1) is 0 Å². The maximum absolute atomic E-state index is 11.7. The second-order valence-electron chi connectivity index (χ2n) is 5.39. The molecule has 21 heavy (non-hydrogen) atoms. The molecule has 1 fully saturated rings. The van der Waals surface area contributed by atoms with E-state index >= 15 is 0 Å². The van der Waals surface area contributed by atoms with Crippen LogP contribution < -0.4 is 11.2 Å². The van der Waals surface area contributed by atoms with E-state index in [0.717, 1.165) is 25.7 Å². The Kier molecular flexibility index (Phi) is 3.32. The first kappa shape index (κ1) is 13.5. The molecular weight excluding hydrogens is 278 g/mol. The second kappa shape index (κ2) is 5.15. The molecule has 0 amide bonds. The van der Waals surface area contributed by atoms with Crippen molar-refractivity contribution < 1.29 is 4.92 Å². The van der Waals surface area contributed by atoms with Crippen LogP contribution in [0.2, 0.25) is 0 Å². The van der Waals surface area contributed by atoms with Gasteiger partial charge in [0, 0.05) is 0 Å². The second-order valence-corrected chi connectivity index (χ2v) is 5.39. The molecule has 2 N–H and O–H groups in total. The van der Waals surface area contributed by atoms with Gasteiger partial charge >= 0.3 is 11.6 Å². The monoisotopic (exact) mass is 293 g/mol. The fraction of sp³-hybridized carbons (Fsp3) is 0.583. The third-order valence-corrected chi connectivity index (χ3v) is 3.95. The molecule has 1 aliphatic carbocycles. The highest BCUT2D eigenvalue weighted by atomic mass is 16.6. The fourth-order valence-corrected chi connectivity index (χ4v) is 2.97. The van der Waals surface area contributed by atoms with Crippen molar-refractivity contribution in [2.24, 2.45) is 5.92 Å². The molecule has 0 bridgehead atoms. The van der Waals surface area contributed by atoms with Gasteiger partial charge in [-0.25, -0.2) is 9.36 Å². The summed E-state index contributed by atoms with van der Waals surface area (Å²) in [6, 6.07) is 0. The molecule has 1 saturated carbocycles. The number of rotatable bonds is 3. The lowest BCUT2D eigenvalue weighted by atomic mass is 9.89. The summed E-state index contributed by atoms with van der Waals surface area (Å²) in [4.78, 5) is 41.9. The maximum Gasteiger partial charge on any atom is 0.437 e. The van der Waals surface area contributed by atoms with E-state index in [1.807, 2.05) is 4.98 Å². The molecule has 0 atom stereocenters. The number of nitro groups is 1. The SMILES string of the molecule is O=c1[nH]c(=O)c2nc([N+](=O)[O-])n(CC3CCCCC3)c2[nH]1. The van der Waals surface area contributed by atoms with Crippen LogP contribution in [0, 0.1) is 16.0 Å². The average molecular weight is 293 g/mol. The van der Waals surface area contributed by atoms with Crippen LogP contribution in [0.5, 0.6) is 0 Å². The molecule has 1 aliphatic rings. The lowest BCUT2D eigenvalue weighted by Gasteiger charge is -2.20. The highest BCUT2D eigenvalue weighted by Crippen LogP contribution is 2.27. The number of H-pyrrole nitrogens is 2. The lowest BCUT2D eigenvalue weighted by Crippen LogP contribution is -2.23. The van der Waals surface area contributed by atoms with E-state index < -0.39 is 22.1 Å². The van der Waals surface area contributed by atoms with Crippen molar-refractivity contribution in [1.29, 1.82) is 0 Å². The number of hydrogen-bond donors (Lipinski definition) is 2. The first-order valence-electron chi connectivity index (χ1n) is 6.93. The van der Waals surface area contributed by atoms with Crippen LogP contribution in [-0.4, -0.2) is 24.4 Å². The Labute approximate surface area is 118 Å². The van der Waals surface area contributed by atoms with Gasteiger partial charge in [0.1, 0.15) is 0 Å². The molecule has 3 rings (SSSR count). The summed E-state index contributed by atoms with van der Waals surface area (Å²) in [5.41, 5.74) is -1.37. The Hall–Kier alpha value is -2.45. The number of aromatic amines is 2. The Morgan fingerprint density at radius 3 is 2.62 bits per heavy atom. The molecular formula is C12H15N5O4. The van der Waals surface area contributed by atoms with Crippen LogP contribution in [0.25, 0.3) is 11.2 Å².